The van der Waals surface area contributed by atoms with Crippen LogP contribution < -0.4 is 19.5 Å². The van der Waals surface area contributed by atoms with Crippen molar-refractivity contribution in [3.05, 3.63) is 66.0 Å². The first-order chi connectivity index (χ1) is 13.5. The Bertz CT molecular complexity index is 882. The molecule has 3 rings (SSSR count). The van der Waals surface area contributed by atoms with Gasteiger partial charge in [0, 0.05) is 5.56 Å². The molecular weight excluding hydrogens is 366 g/mol. The van der Waals surface area contributed by atoms with E-state index in [1.165, 1.54) is 40.1 Å². The highest BCUT2D eigenvalue weighted by Crippen LogP contribution is 2.39. The number of ether oxygens (including phenoxy) is 3. The van der Waals surface area contributed by atoms with Gasteiger partial charge in [0.2, 0.25) is 5.75 Å². The normalized spacial score (nSPS) is 12.9. The molecule has 0 spiro atoms. The van der Waals surface area contributed by atoms with E-state index in [9.17, 15) is 9.90 Å². The van der Waals surface area contributed by atoms with Crippen molar-refractivity contribution >= 4 is 5.91 Å². The zero-order valence-corrected chi connectivity index (χ0v) is 15.7. The summed E-state index contributed by atoms with van der Waals surface area (Å²) >= 11 is 0. The van der Waals surface area contributed by atoms with E-state index in [4.69, 9.17) is 23.0 Å². The highest BCUT2D eigenvalue weighted by molar-refractivity contribution is 5.98. The average molecular weight is 387 g/mol. The molecule has 148 valence electrons. The second-order valence-electron chi connectivity index (χ2n) is 5.91. The molecule has 8 nitrogen and oxygen atoms in total. The van der Waals surface area contributed by atoms with Gasteiger partial charge in [-0.05, 0) is 30.3 Å². The van der Waals surface area contributed by atoms with E-state index in [1.807, 2.05) is 0 Å². The standard InChI is InChI=1S/C20H21NO7/c1-24-15-7-6-14(17(25-2)18(15)26-3)19(22)21-12-20(23,13-8-10-27-11-13)16-5-4-9-28-16/h4-11,23H,12H2,1-3H3,(H,21,22)/t20-/m1/s1. The zero-order valence-electron chi connectivity index (χ0n) is 15.7. The van der Waals surface area contributed by atoms with Crippen LogP contribution in [-0.4, -0.2) is 38.9 Å². The molecule has 1 amide bonds. The zero-order chi connectivity index (χ0) is 20.1. The van der Waals surface area contributed by atoms with Crippen LogP contribution in [0.3, 0.4) is 0 Å². The second-order valence-corrected chi connectivity index (χ2v) is 5.91. The van der Waals surface area contributed by atoms with Crippen molar-refractivity contribution in [1.29, 1.82) is 0 Å². The predicted octanol–water partition coefficient (Wildman–Crippen LogP) is 2.56. The quantitative estimate of drug-likeness (QED) is 0.612. The van der Waals surface area contributed by atoms with E-state index >= 15 is 0 Å². The monoisotopic (exact) mass is 387 g/mol. The number of benzene rings is 1. The van der Waals surface area contributed by atoms with Gasteiger partial charge >= 0.3 is 0 Å². The van der Waals surface area contributed by atoms with Gasteiger partial charge in [-0.25, -0.2) is 0 Å². The Kier molecular flexibility index (Phi) is 5.60. The molecule has 8 heteroatoms. The maximum Gasteiger partial charge on any atom is 0.255 e. The first-order valence-electron chi connectivity index (χ1n) is 8.41. The van der Waals surface area contributed by atoms with Crippen LogP contribution in [-0.2, 0) is 5.60 Å². The van der Waals surface area contributed by atoms with E-state index in [1.54, 1.807) is 30.3 Å². The minimum atomic E-state index is -1.60. The summed E-state index contributed by atoms with van der Waals surface area (Å²) in [5, 5.41) is 13.9. The largest absolute Gasteiger partial charge is 0.493 e. The Hall–Kier alpha value is -3.39. The Balaban J connectivity index is 1.89. The summed E-state index contributed by atoms with van der Waals surface area (Å²) in [6.45, 7) is -0.156. The minimum Gasteiger partial charge on any atom is -0.493 e. The molecule has 2 aromatic heterocycles. The van der Waals surface area contributed by atoms with Gasteiger partial charge in [-0.3, -0.25) is 4.79 Å². The number of rotatable bonds is 8. The van der Waals surface area contributed by atoms with Crippen molar-refractivity contribution in [2.75, 3.05) is 27.9 Å². The van der Waals surface area contributed by atoms with Crippen LogP contribution in [0.25, 0.3) is 0 Å². The first kappa shape index (κ1) is 19.4. The van der Waals surface area contributed by atoms with Crippen molar-refractivity contribution in [1.82, 2.24) is 5.32 Å². The van der Waals surface area contributed by atoms with E-state index < -0.39 is 11.5 Å². The predicted molar refractivity (Wildman–Crippen MR) is 98.8 cm³/mol. The maximum atomic E-state index is 12.8. The Morgan fingerprint density at radius 1 is 1.07 bits per heavy atom. The molecular formula is C20H21NO7. The van der Waals surface area contributed by atoms with Gasteiger partial charge in [0.25, 0.3) is 5.91 Å². The Labute approximate surface area is 161 Å². The van der Waals surface area contributed by atoms with Gasteiger partial charge in [-0.15, -0.1) is 0 Å². The molecule has 0 aliphatic heterocycles. The number of methoxy groups -OCH3 is 3. The smallest absolute Gasteiger partial charge is 0.255 e. The fourth-order valence-corrected chi connectivity index (χ4v) is 2.93. The van der Waals surface area contributed by atoms with Gasteiger partial charge < -0.3 is 33.5 Å². The molecule has 28 heavy (non-hydrogen) atoms. The first-order valence-corrected chi connectivity index (χ1v) is 8.41. The number of furan rings is 2. The number of aliphatic hydroxyl groups is 1. The Morgan fingerprint density at radius 3 is 2.43 bits per heavy atom. The van der Waals surface area contributed by atoms with E-state index in [0.29, 0.717) is 17.1 Å². The molecule has 0 aliphatic rings. The van der Waals surface area contributed by atoms with Crippen LogP contribution in [0.15, 0.2) is 58.0 Å². The van der Waals surface area contributed by atoms with Gasteiger partial charge in [0.05, 0.1) is 52.2 Å². The van der Waals surface area contributed by atoms with E-state index in [2.05, 4.69) is 5.32 Å². The summed E-state index contributed by atoms with van der Waals surface area (Å²) in [7, 11) is 4.38. The van der Waals surface area contributed by atoms with Crippen LogP contribution >= 0.6 is 0 Å². The maximum absolute atomic E-state index is 12.8. The van der Waals surface area contributed by atoms with Crippen LogP contribution in [0.1, 0.15) is 21.7 Å². The average Bonchev–Trinajstić information content (AvgIpc) is 3.44. The number of nitrogens with one attached hydrogen (secondary N) is 1. The lowest BCUT2D eigenvalue weighted by molar-refractivity contribution is 0.0519. The molecule has 0 unspecified atom stereocenters. The molecule has 0 radical (unpaired) electrons. The minimum absolute atomic E-state index is 0.156. The van der Waals surface area contributed by atoms with Crippen molar-refractivity contribution < 1.29 is 32.9 Å². The second kappa shape index (κ2) is 8.10. The molecule has 1 atom stereocenters. The van der Waals surface area contributed by atoms with Crippen LogP contribution in [0.4, 0.5) is 0 Å². The summed E-state index contributed by atoms with van der Waals surface area (Å²) < 4.78 is 26.3. The molecule has 2 N–H and O–H groups in total. The van der Waals surface area contributed by atoms with E-state index in [0.717, 1.165) is 0 Å². The summed E-state index contributed by atoms with van der Waals surface area (Å²) in [5.41, 5.74) is -0.924. The fraction of sp³-hybridized carbons (Fsp3) is 0.250. The van der Waals surface area contributed by atoms with Crippen molar-refractivity contribution in [3.8, 4) is 17.2 Å². The van der Waals surface area contributed by atoms with Crippen LogP contribution in [0.5, 0.6) is 17.2 Å². The third-order valence-corrected chi connectivity index (χ3v) is 4.38. The number of hydrogen-bond acceptors (Lipinski definition) is 7. The van der Waals surface area contributed by atoms with Crippen LogP contribution in [0.2, 0.25) is 0 Å². The van der Waals surface area contributed by atoms with Gasteiger partial charge in [0.1, 0.15) is 5.76 Å². The summed E-state index contributed by atoms with van der Waals surface area (Å²) in [5.74, 6) is 0.763. The lowest BCUT2D eigenvalue weighted by Crippen LogP contribution is -2.41. The van der Waals surface area contributed by atoms with E-state index in [-0.39, 0.29) is 23.6 Å². The SMILES string of the molecule is COc1ccc(C(=O)NC[C@@](O)(c2ccoc2)c2ccco2)c(OC)c1OC. The van der Waals surface area contributed by atoms with Gasteiger partial charge in [-0.2, -0.15) is 0 Å². The third kappa shape index (κ3) is 3.41. The molecule has 0 saturated heterocycles. The molecule has 1 aromatic carbocycles. The van der Waals surface area contributed by atoms with Crippen LogP contribution in [0, 0.1) is 0 Å². The molecule has 2 heterocycles. The number of amides is 1. The third-order valence-electron chi connectivity index (χ3n) is 4.38. The van der Waals surface area contributed by atoms with Crippen molar-refractivity contribution in [2.24, 2.45) is 0 Å². The summed E-state index contributed by atoms with van der Waals surface area (Å²) in [6, 6.07) is 8.03. The van der Waals surface area contributed by atoms with Gasteiger partial charge in [0.15, 0.2) is 17.1 Å². The molecule has 3 aromatic rings. The molecule has 0 bridgehead atoms. The van der Waals surface area contributed by atoms with Crippen molar-refractivity contribution in [3.63, 3.8) is 0 Å². The lowest BCUT2D eigenvalue weighted by atomic mass is 9.93. The molecule has 0 saturated carbocycles. The lowest BCUT2D eigenvalue weighted by Gasteiger charge is -2.25. The van der Waals surface area contributed by atoms with Crippen molar-refractivity contribution in [2.45, 2.75) is 5.60 Å². The summed E-state index contributed by atoms with van der Waals surface area (Å²) in [4.78, 5) is 12.8. The Morgan fingerprint density at radius 2 is 1.86 bits per heavy atom. The van der Waals surface area contributed by atoms with Gasteiger partial charge in [-0.1, -0.05) is 0 Å². The molecule has 0 aliphatic carbocycles. The highest BCUT2D eigenvalue weighted by atomic mass is 16.5. The number of hydrogen-bond donors (Lipinski definition) is 2. The molecule has 0 fully saturated rings. The highest BCUT2D eigenvalue weighted by Gasteiger charge is 2.36. The fourth-order valence-electron chi connectivity index (χ4n) is 2.93. The number of carbonyl (C=O) groups is 1. The summed E-state index contributed by atoms with van der Waals surface area (Å²) in [6.07, 6.45) is 4.27. The number of carbonyl (C=O) groups excluding carboxylic acids is 1. The topological polar surface area (TPSA) is 103 Å².